The van der Waals surface area contributed by atoms with E-state index in [0.717, 1.165) is 29.1 Å². The Kier molecular flexibility index (Phi) is 7.73. The number of aryl methyl sites for hydroxylation is 1. The molecule has 7 nitrogen and oxygen atoms in total. The molecule has 0 bridgehead atoms. The largest absolute Gasteiger partial charge is 0.497 e. The van der Waals surface area contributed by atoms with Crippen LogP contribution in [0, 0.1) is 6.92 Å². The standard InChI is InChI=1S/C20H28N4O3/c1-15-10-16(12-18(11-15)26-4)13-22-20(23-14-19(25)24(2)3)21-8-7-17-6-5-9-27-17/h5-6,9-12H,7-8,13-14H2,1-4H3,(H2,21,22,23). The Morgan fingerprint density at radius 3 is 2.74 bits per heavy atom. The lowest BCUT2D eigenvalue weighted by molar-refractivity contribution is -0.127. The number of ether oxygens (including phenoxy) is 1. The van der Waals surface area contributed by atoms with E-state index in [4.69, 9.17) is 9.15 Å². The number of hydrogen-bond donors (Lipinski definition) is 2. The van der Waals surface area contributed by atoms with Gasteiger partial charge in [0.25, 0.3) is 0 Å². The number of nitrogens with zero attached hydrogens (tertiary/aromatic N) is 2. The van der Waals surface area contributed by atoms with Crippen molar-refractivity contribution < 1.29 is 13.9 Å². The molecule has 0 unspecified atom stereocenters. The molecule has 27 heavy (non-hydrogen) atoms. The maximum atomic E-state index is 11.9. The highest BCUT2D eigenvalue weighted by atomic mass is 16.5. The number of methoxy groups -OCH3 is 1. The van der Waals surface area contributed by atoms with E-state index in [2.05, 4.69) is 21.7 Å². The Hall–Kier alpha value is -2.96. The van der Waals surface area contributed by atoms with Gasteiger partial charge in [0.05, 0.1) is 26.5 Å². The van der Waals surface area contributed by atoms with Crippen molar-refractivity contribution in [1.82, 2.24) is 15.5 Å². The van der Waals surface area contributed by atoms with Crippen LogP contribution >= 0.6 is 0 Å². The first-order valence-corrected chi connectivity index (χ1v) is 8.87. The van der Waals surface area contributed by atoms with Crippen molar-refractivity contribution in [3.05, 3.63) is 53.5 Å². The van der Waals surface area contributed by atoms with E-state index in [1.165, 1.54) is 0 Å². The summed E-state index contributed by atoms with van der Waals surface area (Å²) < 4.78 is 10.7. The number of amides is 1. The van der Waals surface area contributed by atoms with Crippen LogP contribution in [0.4, 0.5) is 0 Å². The predicted octanol–water partition coefficient (Wildman–Crippen LogP) is 1.96. The molecule has 0 aliphatic heterocycles. The summed E-state index contributed by atoms with van der Waals surface area (Å²) in [5.74, 6) is 2.27. The molecule has 7 heteroatoms. The summed E-state index contributed by atoms with van der Waals surface area (Å²) in [6, 6.07) is 9.80. The Morgan fingerprint density at radius 2 is 2.07 bits per heavy atom. The smallest absolute Gasteiger partial charge is 0.241 e. The SMILES string of the molecule is COc1cc(C)cc(CN=C(NCCc2ccco2)NCC(=O)N(C)C)c1. The highest BCUT2D eigenvalue weighted by molar-refractivity contribution is 5.86. The topological polar surface area (TPSA) is 79.1 Å². The predicted molar refractivity (Wildman–Crippen MR) is 106 cm³/mol. The number of hydrogen-bond acceptors (Lipinski definition) is 4. The number of rotatable bonds is 8. The molecule has 146 valence electrons. The molecule has 0 atom stereocenters. The fourth-order valence-electron chi connectivity index (χ4n) is 2.45. The van der Waals surface area contributed by atoms with Gasteiger partial charge in [-0.25, -0.2) is 4.99 Å². The van der Waals surface area contributed by atoms with Gasteiger partial charge in [0.1, 0.15) is 11.5 Å². The molecule has 2 rings (SSSR count). The molecule has 1 aromatic carbocycles. The molecule has 0 aliphatic rings. The van der Waals surface area contributed by atoms with Gasteiger partial charge >= 0.3 is 0 Å². The van der Waals surface area contributed by atoms with Crippen molar-refractivity contribution >= 4 is 11.9 Å². The molecular formula is C20H28N4O3. The first-order chi connectivity index (χ1) is 13.0. The zero-order chi connectivity index (χ0) is 19.6. The number of carbonyl (C=O) groups is 1. The summed E-state index contributed by atoms with van der Waals surface area (Å²) in [4.78, 5) is 18.0. The quantitative estimate of drug-likeness (QED) is 0.547. The maximum Gasteiger partial charge on any atom is 0.241 e. The molecule has 2 aromatic rings. The van der Waals surface area contributed by atoms with Crippen LogP contribution < -0.4 is 15.4 Å². The van der Waals surface area contributed by atoms with Crippen LogP contribution in [0.1, 0.15) is 16.9 Å². The zero-order valence-corrected chi connectivity index (χ0v) is 16.4. The van der Waals surface area contributed by atoms with Crippen LogP contribution in [-0.4, -0.2) is 51.1 Å². The van der Waals surface area contributed by atoms with E-state index in [9.17, 15) is 4.79 Å². The van der Waals surface area contributed by atoms with Crippen LogP contribution in [0.3, 0.4) is 0 Å². The lowest BCUT2D eigenvalue weighted by atomic mass is 10.1. The summed E-state index contributed by atoms with van der Waals surface area (Å²) in [6.07, 6.45) is 2.39. The van der Waals surface area contributed by atoms with Crippen molar-refractivity contribution in [1.29, 1.82) is 0 Å². The van der Waals surface area contributed by atoms with Crippen molar-refractivity contribution in [2.75, 3.05) is 34.3 Å². The summed E-state index contributed by atoms with van der Waals surface area (Å²) >= 11 is 0. The van der Waals surface area contributed by atoms with E-state index in [-0.39, 0.29) is 12.5 Å². The summed E-state index contributed by atoms with van der Waals surface area (Å²) in [5, 5.41) is 6.32. The van der Waals surface area contributed by atoms with Crippen LogP contribution in [0.2, 0.25) is 0 Å². The zero-order valence-electron chi connectivity index (χ0n) is 16.4. The number of nitrogens with one attached hydrogen (secondary N) is 2. The lowest BCUT2D eigenvalue weighted by Crippen LogP contribution is -2.43. The Balaban J connectivity index is 2.01. The molecule has 2 N–H and O–H groups in total. The molecule has 0 saturated heterocycles. The van der Waals surface area contributed by atoms with Crippen LogP contribution in [-0.2, 0) is 17.8 Å². The molecule has 0 aliphatic carbocycles. The second kappa shape index (κ2) is 10.3. The second-order valence-electron chi connectivity index (χ2n) is 6.42. The van der Waals surface area contributed by atoms with Gasteiger partial charge in [-0.2, -0.15) is 0 Å². The number of guanidine groups is 1. The van der Waals surface area contributed by atoms with Gasteiger partial charge in [-0.3, -0.25) is 4.79 Å². The first-order valence-electron chi connectivity index (χ1n) is 8.87. The van der Waals surface area contributed by atoms with Gasteiger partial charge in [0, 0.05) is 27.1 Å². The molecule has 1 amide bonds. The van der Waals surface area contributed by atoms with Gasteiger partial charge in [-0.05, 0) is 42.3 Å². The van der Waals surface area contributed by atoms with Gasteiger partial charge in [0.15, 0.2) is 5.96 Å². The third-order valence-corrected chi connectivity index (χ3v) is 3.92. The second-order valence-corrected chi connectivity index (χ2v) is 6.42. The average Bonchev–Trinajstić information content (AvgIpc) is 3.16. The molecule has 1 heterocycles. The van der Waals surface area contributed by atoms with E-state index >= 15 is 0 Å². The molecule has 0 radical (unpaired) electrons. The molecule has 0 spiro atoms. The highest BCUT2D eigenvalue weighted by Crippen LogP contribution is 2.17. The van der Waals surface area contributed by atoms with Crippen LogP contribution in [0.15, 0.2) is 46.0 Å². The van der Waals surface area contributed by atoms with Crippen LogP contribution in [0.5, 0.6) is 5.75 Å². The third kappa shape index (κ3) is 7.05. The minimum Gasteiger partial charge on any atom is -0.497 e. The van der Waals surface area contributed by atoms with Gasteiger partial charge < -0.3 is 24.7 Å². The number of carbonyl (C=O) groups excluding carboxylic acids is 1. The third-order valence-electron chi connectivity index (χ3n) is 3.92. The van der Waals surface area contributed by atoms with Crippen molar-refractivity contribution in [2.24, 2.45) is 4.99 Å². The Bertz CT molecular complexity index is 755. The van der Waals surface area contributed by atoms with Crippen molar-refractivity contribution in [2.45, 2.75) is 19.9 Å². The monoisotopic (exact) mass is 372 g/mol. The highest BCUT2D eigenvalue weighted by Gasteiger charge is 2.07. The van der Waals surface area contributed by atoms with Crippen molar-refractivity contribution in [3.63, 3.8) is 0 Å². The lowest BCUT2D eigenvalue weighted by Gasteiger charge is -2.15. The minimum atomic E-state index is -0.0206. The fourth-order valence-corrected chi connectivity index (χ4v) is 2.45. The van der Waals surface area contributed by atoms with Crippen LogP contribution in [0.25, 0.3) is 0 Å². The summed E-state index contributed by atoms with van der Waals surface area (Å²) in [5.41, 5.74) is 2.15. The average molecular weight is 372 g/mol. The number of aliphatic imine (C=N–C) groups is 1. The van der Waals surface area contributed by atoms with E-state index < -0.39 is 0 Å². The van der Waals surface area contributed by atoms with Crippen molar-refractivity contribution in [3.8, 4) is 5.75 Å². The normalized spacial score (nSPS) is 11.2. The molecule has 1 aromatic heterocycles. The summed E-state index contributed by atoms with van der Waals surface area (Å²) in [7, 11) is 5.10. The van der Waals surface area contributed by atoms with Gasteiger partial charge in [-0.15, -0.1) is 0 Å². The number of benzene rings is 1. The summed E-state index contributed by atoms with van der Waals surface area (Å²) in [6.45, 7) is 3.32. The van der Waals surface area contributed by atoms with E-state index in [1.807, 2.05) is 31.2 Å². The number of furan rings is 1. The molecule has 0 fully saturated rings. The van der Waals surface area contributed by atoms with Gasteiger partial charge in [-0.1, -0.05) is 6.07 Å². The van der Waals surface area contributed by atoms with E-state index in [1.54, 1.807) is 32.4 Å². The maximum absolute atomic E-state index is 11.9. The minimum absolute atomic E-state index is 0.0206. The Labute approximate surface area is 160 Å². The molecule has 0 saturated carbocycles. The Morgan fingerprint density at radius 1 is 1.26 bits per heavy atom. The van der Waals surface area contributed by atoms with Gasteiger partial charge in [0.2, 0.25) is 5.91 Å². The fraction of sp³-hybridized carbons (Fsp3) is 0.400. The first kappa shape index (κ1) is 20.4. The van der Waals surface area contributed by atoms with E-state index in [0.29, 0.717) is 19.0 Å². The number of likely N-dealkylation sites (N-methyl/N-ethyl adjacent to an activating group) is 1. The molecular weight excluding hydrogens is 344 g/mol.